The molecular weight excluding hydrogens is 839 g/mol. The molecule has 0 atom stereocenters. The summed E-state index contributed by atoms with van der Waals surface area (Å²) in [7, 11) is 10.5. The summed E-state index contributed by atoms with van der Waals surface area (Å²) in [6.07, 6.45) is 8.20. The van der Waals surface area contributed by atoms with E-state index in [1.165, 1.54) is 0 Å². The van der Waals surface area contributed by atoms with E-state index in [0.29, 0.717) is 34.5 Å². The van der Waals surface area contributed by atoms with Crippen LogP contribution in [0, 0.1) is 24.8 Å². The molecule has 0 unspecified atom stereocenters. The number of tetrazole rings is 1. The largest absolute Gasteiger partial charge is 0.560 e. The van der Waals surface area contributed by atoms with Crippen LogP contribution in [0.3, 0.4) is 0 Å². The number of hydrogen-bond acceptors (Lipinski definition) is 8. The topological polar surface area (TPSA) is 120 Å². The number of fused-ring (bicyclic) bond motifs is 2. The van der Waals surface area contributed by atoms with Crippen molar-refractivity contribution in [1.29, 1.82) is 0 Å². The molecule has 0 amide bonds. The minimum atomic E-state index is 0. The number of pyridine rings is 1. The van der Waals surface area contributed by atoms with Gasteiger partial charge in [-0.2, -0.15) is 17.3 Å². The van der Waals surface area contributed by atoms with Gasteiger partial charge in [-0.3, -0.25) is 15.3 Å². The third kappa shape index (κ3) is 7.93. The Kier molecular flexibility index (Phi) is 12.3. The van der Waals surface area contributed by atoms with Crippen molar-refractivity contribution < 1.29 is 48.2 Å². The number of hydrogen-bond donors (Lipinski definition) is 0. The number of para-hydroxylation sites is 4. The summed E-state index contributed by atoms with van der Waals surface area (Å²) in [5, 5.41) is 14.0. The van der Waals surface area contributed by atoms with Crippen LogP contribution in [-0.2, 0) is 34.2 Å². The van der Waals surface area contributed by atoms with Crippen molar-refractivity contribution >= 4 is 22.1 Å². The molecule has 0 bridgehead atoms. The second kappa shape index (κ2) is 17.2. The fourth-order valence-electron chi connectivity index (χ4n) is 5.27. The Morgan fingerprint density at radius 1 is 0.654 bits per heavy atom. The number of rotatable bonds is 7. The number of methoxy groups -OCH3 is 4. The first-order chi connectivity index (χ1) is 24.9. The van der Waals surface area contributed by atoms with E-state index < -0.39 is 0 Å². The minimum Gasteiger partial charge on any atom is -0.560 e. The molecule has 52 heavy (non-hydrogen) atoms. The zero-order chi connectivity index (χ0) is 35.7. The second-order valence-corrected chi connectivity index (χ2v) is 10.8. The van der Waals surface area contributed by atoms with E-state index in [1.54, 1.807) is 52.8 Å². The maximum Gasteiger partial charge on any atom is 0.242 e. The summed E-state index contributed by atoms with van der Waals surface area (Å²) >= 11 is 0. The van der Waals surface area contributed by atoms with Crippen LogP contribution in [0.1, 0.15) is 0 Å². The van der Waals surface area contributed by atoms with Crippen LogP contribution in [0.25, 0.3) is 45.0 Å². The molecule has 14 heteroatoms. The molecule has 0 saturated heterocycles. The van der Waals surface area contributed by atoms with E-state index in [1.807, 2.05) is 93.0 Å². The first kappa shape index (κ1) is 37.2. The molecule has 1 radical (unpaired) electrons. The first-order valence-electron chi connectivity index (χ1n) is 15.6. The molecule has 8 rings (SSSR count). The fourth-order valence-corrected chi connectivity index (χ4v) is 5.27. The van der Waals surface area contributed by atoms with Crippen LogP contribution in [0.15, 0.2) is 97.2 Å². The number of aromatic nitrogens is 9. The molecule has 0 aliphatic carbocycles. The Morgan fingerprint density at radius 3 is 1.58 bits per heavy atom. The Hall–Kier alpha value is -6.11. The summed E-state index contributed by atoms with van der Waals surface area (Å²) in [5.74, 6) is 3.28. The van der Waals surface area contributed by atoms with Gasteiger partial charge in [-0.25, -0.2) is 0 Å². The maximum atomic E-state index is 5.44. The molecule has 4 aromatic carbocycles. The molecule has 8 aromatic rings. The number of ether oxygens (including phenoxy) is 4. The van der Waals surface area contributed by atoms with Crippen molar-refractivity contribution in [2.45, 2.75) is 0 Å². The van der Waals surface area contributed by atoms with E-state index in [2.05, 4.69) is 62.5 Å². The van der Waals surface area contributed by atoms with Gasteiger partial charge in [-0.15, -0.1) is 12.1 Å². The Morgan fingerprint density at radius 2 is 1.15 bits per heavy atom. The molecule has 4 heterocycles. The van der Waals surface area contributed by atoms with E-state index in [4.69, 9.17) is 18.9 Å². The quantitative estimate of drug-likeness (QED) is 0.173. The minimum absolute atomic E-state index is 0. The predicted octanol–water partition coefficient (Wildman–Crippen LogP) is 4.03. The summed E-state index contributed by atoms with van der Waals surface area (Å²) < 4.78 is 29.1. The van der Waals surface area contributed by atoms with Crippen LogP contribution < -0.4 is 33.2 Å². The number of nitrogens with zero attached hydrogens (tertiary/aromatic N) is 9. The van der Waals surface area contributed by atoms with Crippen LogP contribution >= 0.6 is 0 Å². The summed E-state index contributed by atoms with van der Waals surface area (Å²) in [6.45, 7) is 0. The van der Waals surface area contributed by atoms with E-state index >= 15 is 0 Å². The smallest absolute Gasteiger partial charge is 0.242 e. The van der Waals surface area contributed by atoms with Gasteiger partial charge in [0.05, 0.1) is 76.1 Å². The zero-order valence-corrected chi connectivity index (χ0v) is 31.6. The molecule has 0 spiro atoms. The van der Waals surface area contributed by atoms with Gasteiger partial charge in [0, 0.05) is 49.3 Å². The normalized spacial score (nSPS) is 10.3. The molecule has 267 valence electrons. The number of benzene rings is 4. The third-order valence-electron chi connectivity index (χ3n) is 7.76. The number of aryl methyl sites for hydroxylation is 2. The molecule has 13 nitrogen and oxygen atoms in total. The van der Waals surface area contributed by atoms with Crippen molar-refractivity contribution in [2.24, 2.45) is 14.1 Å². The van der Waals surface area contributed by atoms with Gasteiger partial charge in [0.1, 0.15) is 0 Å². The molecule has 4 aromatic heterocycles. The summed E-state index contributed by atoms with van der Waals surface area (Å²) in [5.41, 5.74) is 6.61. The van der Waals surface area contributed by atoms with Crippen LogP contribution in [-0.4, -0.2) is 58.1 Å². The van der Waals surface area contributed by atoms with Crippen LogP contribution in [0.5, 0.6) is 23.0 Å². The van der Waals surface area contributed by atoms with Gasteiger partial charge >= 0.3 is 0 Å². The van der Waals surface area contributed by atoms with Gasteiger partial charge < -0.3 is 42.3 Å². The average Bonchev–Trinajstić information content (AvgIpc) is 3.94. The second-order valence-electron chi connectivity index (χ2n) is 10.8. The zero-order valence-electron chi connectivity index (χ0n) is 29.2. The molecule has 0 N–H and O–H groups in total. The Labute approximate surface area is 314 Å². The van der Waals surface area contributed by atoms with Gasteiger partial charge in [-0.1, -0.05) is 66.7 Å². The monoisotopic (exact) mass is 873 g/mol. The molecule has 0 aliphatic heterocycles. The maximum absolute atomic E-state index is 5.44. The SMILES string of the molecule is COc1c[c-]c(-n2[c-][n+](C)c3ccccc32)c(OC)c1.COc1c[c-]c(-n2[c-][n+](C)c3ccccc32)c(OC)c1.[Ir].c1ccc(-c2nnn[n-]2)nc1. The van der Waals surface area contributed by atoms with Crippen LogP contribution in [0.2, 0.25) is 0 Å². The first-order valence-corrected chi connectivity index (χ1v) is 15.6. The van der Waals surface area contributed by atoms with Crippen molar-refractivity contribution in [3.05, 3.63) is 122 Å². The van der Waals surface area contributed by atoms with Gasteiger partial charge in [0.15, 0.2) is 0 Å². The van der Waals surface area contributed by atoms with Gasteiger partial charge in [0.2, 0.25) is 12.7 Å². The van der Waals surface area contributed by atoms with Crippen molar-refractivity contribution in [3.63, 3.8) is 0 Å². The molecule has 0 fully saturated rings. The Balaban J connectivity index is 0.000000156. The number of imidazole rings is 2. The van der Waals surface area contributed by atoms with E-state index in [-0.39, 0.29) is 20.1 Å². The van der Waals surface area contributed by atoms with E-state index in [0.717, 1.165) is 33.4 Å². The van der Waals surface area contributed by atoms with Gasteiger partial charge in [-0.05, 0) is 23.5 Å². The average molecular weight is 873 g/mol. The molecular formula is C38H34IrN9O4-3. The van der Waals surface area contributed by atoms with E-state index in [9.17, 15) is 0 Å². The van der Waals surface area contributed by atoms with Crippen molar-refractivity contribution in [3.8, 4) is 45.9 Å². The van der Waals surface area contributed by atoms with Crippen LogP contribution in [0.4, 0.5) is 0 Å². The van der Waals surface area contributed by atoms with Gasteiger partial charge in [0.25, 0.3) is 0 Å². The van der Waals surface area contributed by atoms with Crippen molar-refractivity contribution in [1.82, 2.24) is 34.7 Å². The summed E-state index contributed by atoms with van der Waals surface area (Å²) in [6, 6.07) is 35.4. The Bertz CT molecular complexity index is 2230. The third-order valence-corrected chi connectivity index (χ3v) is 7.76. The molecule has 0 aliphatic rings. The van der Waals surface area contributed by atoms with Crippen molar-refractivity contribution in [2.75, 3.05) is 28.4 Å². The molecule has 0 saturated carbocycles. The standard InChI is InChI=1S/2C16H15N2O2.C6H4N5.Ir/c2*1-17-11-18(14-7-5-4-6-13(14)17)15-9-8-12(19-2)10-16(15)20-3;1-2-4-7-5(3-1)6-8-10-11-9-6;/h2*4-8,10H,1-3H3;1-4H;/q3*-1;. The predicted molar refractivity (Wildman–Crippen MR) is 187 cm³/mol. The fraction of sp³-hybridized carbons (Fsp3) is 0.158. The summed E-state index contributed by atoms with van der Waals surface area (Å²) in [4.78, 5) is 4.02.